The van der Waals surface area contributed by atoms with Gasteiger partial charge in [-0.1, -0.05) is 17.3 Å². The van der Waals surface area contributed by atoms with E-state index in [4.69, 9.17) is 9.47 Å². The summed E-state index contributed by atoms with van der Waals surface area (Å²) in [5, 5.41) is 3.70. The molecule has 16 heavy (non-hydrogen) atoms. The Morgan fingerprint density at radius 2 is 2.25 bits per heavy atom. The third-order valence-electron chi connectivity index (χ3n) is 1.99. The molecule has 0 bridgehead atoms. The molecular formula is C11H10BrNO3. The van der Waals surface area contributed by atoms with Gasteiger partial charge in [-0.25, -0.2) is 0 Å². The van der Waals surface area contributed by atoms with Crippen LogP contribution in [0.15, 0.2) is 29.4 Å². The standard InChI is InChI=1S/C11H10BrNO3/c1-14-13-11(12)5-3-8-2-4-9-10(6-8)16-7-15-9/h2-6H,7H2,1H3/b5-3+,13-11-. The van der Waals surface area contributed by atoms with Crippen molar-refractivity contribution in [2.45, 2.75) is 0 Å². The molecule has 1 aromatic carbocycles. The average Bonchev–Trinajstić information content (AvgIpc) is 2.74. The molecule has 0 N–H and O–H groups in total. The summed E-state index contributed by atoms with van der Waals surface area (Å²) in [4.78, 5) is 4.61. The lowest BCUT2D eigenvalue weighted by molar-refractivity contribution is 0.174. The number of allylic oxidation sites excluding steroid dienone is 1. The molecule has 0 aliphatic carbocycles. The van der Waals surface area contributed by atoms with Crippen LogP contribution in [0.25, 0.3) is 6.08 Å². The Hall–Kier alpha value is -1.49. The van der Waals surface area contributed by atoms with Crippen LogP contribution >= 0.6 is 15.9 Å². The maximum Gasteiger partial charge on any atom is 0.231 e. The summed E-state index contributed by atoms with van der Waals surface area (Å²) in [6.07, 6.45) is 3.69. The molecule has 0 aromatic heterocycles. The highest BCUT2D eigenvalue weighted by atomic mass is 79.9. The Morgan fingerprint density at radius 3 is 3.06 bits per heavy atom. The smallest absolute Gasteiger partial charge is 0.231 e. The van der Waals surface area contributed by atoms with E-state index in [1.165, 1.54) is 7.11 Å². The van der Waals surface area contributed by atoms with Crippen molar-refractivity contribution < 1.29 is 14.3 Å². The summed E-state index contributed by atoms with van der Waals surface area (Å²) in [7, 11) is 1.50. The van der Waals surface area contributed by atoms with E-state index in [9.17, 15) is 0 Å². The highest BCUT2D eigenvalue weighted by molar-refractivity contribution is 9.18. The lowest BCUT2D eigenvalue weighted by atomic mass is 10.2. The molecule has 0 saturated carbocycles. The van der Waals surface area contributed by atoms with Gasteiger partial charge in [0.15, 0.2) is 11.5 Å². The van der Waals surface area contributed by atoms with Gasteiger partial charge in [0.2, 0.25) is 6.79 Å². The van der Waals surface area contributed by atoms with Crippen LogP contribution in [0, 0.1) is 0 Å². The van der Waals surface area contributed by atoms with Crippen molar-refractivity contribution in [1.29, 1.82) is 0 Å². The van der Waals surface area contributed by atoms with Gasteiger partial charge in [-0.2, -0.15) is 0 Å². The number of nitrogens with zero attached hydrogens (tertiary/aromatic N) is 1. The Morgan fingerprint density at radius 1 is 1.44 bits per heavy atom. The molecule has 0 saturated heterocycles. The predicted molar refractivity (Wildman–Crippen MR) is 65.0 cm³/mol. The minimum Gasteiger partial charge on any atom is -0.454 e. The van der Waals surface area contributed by atoms with Crippen molar-refractivity contribution in [3.63, 3.8) is 0 Å². The molecule has 4 nitrogen and oxygen atoms in total. The third-order valence-corrected chi connectivity index (χ3v) is 2.40. The van der Waals surface area contributed by atoms with E-state index in [2.05, 4.69) is 25.9 Å². The van der Waals surface area contributed by atoms with Crippen molar-refractivity contribution in [2.75, 3.05) is 13.9 Å². The van der Waals surface area contributed by atoms with Crippen molar-refractivity contribution in [3.8, 4) is 11.5 Å². The zero-order valence-electron chi connectivity index (χ0n) is 8.64. The van der Waals surface area contributed by atoms with Crippen LogP contribution in [0.5, 0.6) is 11.5 Å². The number of hydrogen-bond acceptors (Lipinski definition) is 4. The van der Waals surface area contributed by atoms with E-state index in [1.807, 2.05) is 24.3 Å². The third kappa shape index (κ3) is 2.55. The topological polar surface area (TPSA) is 40.0 Å². The largest absolute Gasteiger partial charge is 0.454 e. The van der Waals surface area contributed by atoms with E-state index >= 15 is 0 Å². The van der Waals surface area contributed by atoms with Crippen molar-refractivity contribution in [3.05, 3.63) is 29.8 Å². The van der Waals surface area contributed by atoms with Crippen molar-refractivity contribution >= 4 is 26.6 Å². The quantitative estimate of drug-likeness (QED) is 0.633. The first kappa shape index (κ1) is 11.0. The fourth-order valence-electron chi connectivity index (χ4n) is 1.30. The van der Waals surface area contributed by atoms with Crippen LogP contribution in [0.1, 0.15) is 5.56 Å². The molecule has 1 heterocycles. The molecule has 1 aromatic rings. The molecule has 0 amide bonds. The van der Waals surface area contributed by atoms with Crippen molar-refractivity contribution in [1.82, 2.24) is 0 Å². The van der Waals surface area contributed by atoms with Crippen LogP contribution in [0.2, 0.25) is 0 Å². The Labute approximate surface area is 102 Å². The Bertz CT molecular complexity index is 443. The van der Waals surface area contributed by atoms with Gasteiger partial charge >= 0.3 is 0 Å². The zero-order valence-corrected chi connectivity index (χ0v) is 10.2. The predicted octanol–water partition coefficient (Wildman–Crippen LogP) is 2.78. The van der Waals surface area contributed by atoms with Crippen LogP contribution < -0.4 is 9.47 Å². The van der Waals surface area contributed by atoms with Gasteiger partial charge in [0, 0.05) is 0 Å². The van der Waals surface area contributed by atoms with E-state index in [1.54, 1.807) is 6.08 Å². The summed E-state index contributed by atoms with van der Waals surface area (Å²) in [5.41, 5.74) is 1.01. The molecule has 2 rings (SSSR count). The molecule has 0 unspecified atom stereocenters. The minimum absolute atomic E-state index is 0.289. The summed E-state index contributed by atoms with van der Waals surface area (Å²) in [6, 6.07) is 5.73. The summed E-state index contributed by atoms with van der Waals surface area (Å²) in [6.45, 7) is 0.289. The number of halogens is 1. The number of rotatable bonds is 3. The summed E-state index contributed by atoms with van der Waals surface area (Å²) in [5.74, 6) is 1.55. The monoisotopic (exact) mass is 283 g/mol. The first-order valence-electron chi connectivity index (χ1n) is 4.64. The Kier molecular flexibility index (Phi) is 3.46. The van der Waals surface area contributed by atoms with Gasteiger partial charge in [0.25, 0.3) is 0 Å². The van der Waals surface area contributed by atoms with E-state index in [0.29, 0.717) is 4.62 Å². The van der Waals surface area contributed by atoms with Crippen LogP contribution in [0.4, 0.5) is 0 Å². The first-order valence-corrected chi connectivity index (χ1v) is 5.43. The molecule has 0 fully saturated rings. The Balaban J connectivity index is 2.14. The molecular weight excluding hydrogens is 274 g/mol. The highest BCUT2D eigenvalue weighted by Crippen LogP contribution is 2.32. The molecule has 84 valence electrons. The zero-order chi connectivity index (χ0) is 11.4. The first-order chi connectivity index (χ1) is 7.79. The fraction of sp³-hybridized carbons (Fsp3) is 0.182. The highest BCUT2D eigenvalue weighted by Gasteiger charge is 2.11. The maximum atomic E-state index is 5.27. The normalized spacial score (nSPS) is 14.5. The second kappa shape index (κ2) is 5.03. The van der Waals surface area contributed by atoms with Crippen LogP contribution in [0.3, 0.4) is 0 Å². The van der Waals surface area contributed by atoms with Gasteiger partial charge in [0.05, 0.1) is 0 Å². The van der Waals surface area contributed by atoms with Crippen LogP contribution in [-0.2, 0) is 4.84 Å². The lowest BCUT2D eigenvalue weighted by Crippen LogP contribution is -1.92. The number of fused-ring (bicyclic) bond motifs is 1. The maximum absolute atomic E-state index is 5.27. The molecule has 0 radical (unpaired) electrons. The molecule has 5 heteroatoms. The minimum atomic E-state index is 0.289. The molecule has 1 aliphatic heterocycles. The number of hydrogen-bond donors (Lipinski definition) is 0. The average molecular weight is 284 g/mol. The summed E-state index contributed by atoms with van der Waals surface area (Å²) >= 11 is 3.24. The number of ether oxygens (including phenoxy) is 2. The molecule has 0 spiro atoms. The van der Waals surface area contributed by atoms with Gasteiger partial charge in [0.1, 0.15) is 11.7 Å². The van der Waals surface area contributed by atoms with Crippen LogP contribution in [-0.4, -0.2) is 18.5 Å². The SMILES string of the molecule is CO/N=C(Br)/C=C/c1ccc2c(c1)OCO2. The van der Waals surface area contributed by atoms with Gasteiger partial charge in [-0.15, -0.1) is 0 Å². The molecule has 0 atom stereocenters. The van der Waals surface area contributed by atoms with E-state index < -0.39 is 0 Å². The van der Waals surface area contributed by atoms with E-state index in [0.717, 1.165) is 17.1 Å². The number of benzene rings is 1. The van der Waals surface area contributed by atoms with Gasteiger partial charge in [-0.05, 0) is 39.7 Å². The van der Waals surface area contributed by atoms with Gasteiger partial charge in [-0.3, -0.25) is 0 Å². The van der Waals surface area contributed by atoms with Gasteiger partial charge < -0.3 is 14.3 Å². The molecule has 1 aliphatic rings. The second-order valence-corrected chi connectivity index (χ2v) is 3.86. The summed E-state index contributed by atoms with van der Waals surface area (Å²) < 4.78 is 11.1. The van der Waals surface area contributed by atoms with E-state index in [-0.39, 0.29) is 6.79 Å². The lowest BCUT2D eigenvalue weighted by Gasteiger charge is -1.97. The number of oxime groups is 1. The second-order valence-electron chi connectivity index (χ2n) is 3.04. The fourth-order valence-corrected chi connectivity index (χ4v) is 1.58. The van der Waals surface area contributed by atoms with Crippen molar-refractivity contribution in [2.24, 2.45) is 5.16 Å².